The second-order valence-corrected chi connectivity index (χ2v) is 3.56. The van der Waals surface area contributed by atoms with Crippen molar-refractivity contribution < 1.29 is 0 Å². The second kappa shape index (κ2) is 4.72. The van der Waals surface area contributed by atoms with Gasteiger partial charge in [-0.2, -0.15) is 15.8 Å². The molecule has 1 aliphatic heterocycles. The first-order chi connectivity index (χ1) is 7.13. The van der Waals surface area contributed by atoms with E-state index in [1.54, 1.807) is 4.90 Å². The van der Waals surface area contributed by atoms with Crippen molar-refractivity contribution in [2.24, 2.45) is 0 Å². The molecule has 1 aliphatic rings. The van der Waals surface area contributed by atoms with Crippen LogP contribution in [0.5, 0.6) is 0 Å². The smallest absolute Gasteiger partial charge is 0.126 e. The fourth-order valence-corrected chi connectivity index (χ4v) is 1.54. The van der Waals surface area contributed by atoms with Gasteiger partial charge in [0, 0.05) is 0 Å². The van der Waals surface area contributed by atoms with E-state index >= 15 is 0 Å². The summed E-state index contributed by atoms with van der Waals surface area (Å²) >= 11 is 0. The van der Waals surface area contributed by atoms with Crippen LogP contribution >= 0.6 is 0 Å². The van der Waals surface area contributed by atoms with Crippen LogP contribution in [-0.2, 0) is 0 Å². The lowest BCUT2D eigenvalue weighted by Crippen LogP contribution is -2.68. The van der Waals surface area contributed by atoms with E-state index in [0.29, 0.717) is 0 Å². The Morgan fingerprint density at radius 1 is 0.867 bits per heavy atom. The second-order valence-electron chi connectivity index (χ2n) is 3.56. The Morgan fingerprint density at radius 2 is 1.33 bits per heavy atom. The van der Waals surface area contributed by atoms with Gasteiger partial charge in [0.15, 0.2) is 0 Å². The van der Waals surface area contributed by atoms with Crippen LogP contribution < -0.4 is 10.6 Å². The van der Waals surface area contributed by atoms with Gasteiger partial charge in [0.05, 0.1) is 24.4 Å². The standard InChI is InChI=1S/C9H12N6/c1-15(2)9-8(5-12)13-6(3-10)7(4-11)14-9/h6-9,13-14H,1-2H3. The topological polar surface area (TPSA) is 98.7 Å². The molecule has 0 spiro atoms. The molecule has 0 radical (unpaired) electrons. The van der Waals surface area contributed by atoms with Crippen LogP contribution in [0.3, 0.4) is 0 Å². The number of rotatable bonds is 1. The van der Waals surface area contributed by atoms with Gasteiger partial charge in [-0.05, 0) is 14.1 Å². The number of nitriles is 3. The molecular weight excluding hydrogens is 192 g/mol. The van der Waals surface area contributed by atoms with E-state index in [4.69, 9.17) is 15.8 Å². The molecule has 0 aromatic rings. The largest absolute Gasteiger partial charge is 0.292 e. The van der Waals surface area contributed by atoms with Crippen LogP contribution in [0.1, 0.15) is 0 Å². The van der Waals surface area contributed by atoms with E-state index < -0.39 is 18.1 Å². The van der Waals surface area contributed by atoms with Gasteiger partial charge < -0.3 is 0 Å². The van der Waals surface area contributed by atoms with Crippen molar-refractivity contribution in [2.45, 2.75) is 24.3 Å². The first kappa shape index (κ1) is 11.4. The molecule has 6 nitrogen and oxygen atoms in total. The lowest BCUT2D eigenvalue weighted by Gasteiger charge is -2.38. The quantitative estimate of drug-likeness (QED) is 0.553. The maximum absolute atomic E-state index is 8.91. The van der Waals surface area contributed by atoms with Crippen molar-refractivity contribution in [1.82, 2.24) is 15.5 Å². The van der Waals surface area contributed by atoms with Crippen LogP contribution in [0.25, 0.3) is 0 Å². The van der Waals surface area contributed by atoms with Gasteiger partial charge in [-0.1, -0.05) is 0 Å². The molecule has 15 heavy (non-hydrogen) atoms. The highest BCUT2D eigenvalue weighted by Gasteiger charge is 2.37. The number of hydrogen-bond acceptors (Lipinski definition) is 6. The summed E-state index contributed by atoms with van der Waals surface area (Å²) in [4.78, 5) is 1.80. The Balaban J connectivity index is 2.85. The number of hydrogen-bond donors (Lipinski definition) is 2. The van der Waals surface area contributed by atoms with E-state index in [2.05, 4.69) is 16.7 Å². The molecule has 78 valence electrons. The normalized spacial score (nSPS) is 35.2. The SMILES string of the molecule is CN(C)C1NC(C#N)C(C#N)NC1C#N. The predicted molar refractivity (Wildman–Crippen MR) is 51.9 cm³/mol. The number of nitrogens with one attached hydrogen (secondary N) is 2. The van der Waals surface area contributed by atoms with Crippen molar-refractivity contribution >= 4 is 0 Å². The van der Waals surface area contributed by atoms with E-state index in [9.17, 15) is 0 Å². The number of nitrogens with zero attached hydrogens (tertiary/aromatic N) is 4. The molecule has 0 aromatic heterocycles. The number of piperazine rings is 1. The Morgan fingerprint density at radius 3 is 1.73 bits per heavy atom. The molecule has 1 saturated heterocycles. The van der Waals surface area contributed by atoms with Crippen LogP contribution in [0.15, 0.2) is 0 Å². The summed E-state index contributed by atoms with van der Waals surface area (Å²) < 4.78 is 0. The summed E-state index contributed by atoms with van der Waals surface area (Å²) in [5.74, 6) is 0. The highest BCUT2D eigenvalue weighted by Crippen LogP contribution is 2.08. The average Bonchev–Trinajstić information content (AvgIpc) is 2.26. The zero-order valence-electron chi connectivity index (χ0n) is 8.60. The minimum atomic E-state index is -0.643. The van der Waals surface area contributed by atoms with Crippen molar-refractivity contribution in [3.8, 4) is 18.2 Å². The summed E-state index contributed by atoms with van der Waals surface area (Å²) in [5, 5.41) is 32.4. The molecular formula is C9H12N6. The molecule has 1 rings (SSSR count). The third-order valence-corrected chi connectivity index (χ3v) is 2.33. The Hall–Kier alpha value is -1.65. The maximum atomic E-state index is 8.91. The molecule has 4 atom stereocenters. The van der Waals surface area contributed by atoms with Gasteiger partial charge in [0.25, 0.3) is 0 Å². The van der Waals surface area contributed by atoms with Crippen molar-refractivity contribution in [1.29, 1.82) is 15.8 Å². The van der Waals surface area contributed by atoms with Gasteiger partial charge in [-0.3, -0.25) is 15.5 Å². The maximum Gasteiger partial charge on any atom is 0.126 e. The molecule has 0 saturated carbocycles. The molecule has 0 aromatic carbocycles. The van der Waals surface area contributed by atoms with Gasteiger partial charge >= 0.3 is 0 Å². The Kier molecular flexibility index (Phi) is 3.60. The van der Waals surface area contributed by atoms with E-state index in [0.717, 1.165) is 0 Å². The third-order valence-electron chi connectivity index (χ3n) is 2.33. The molecule has 0 amide bonds. The molecule has 1 fully saturated rings. The summed E-state index contributed by atoms with van der Waals surface area (Å²) in [6.45, 7) is 0. The first-order valence-corrected chi connectivity index (χ1v) is 4.51. The first-order valence-electron chi connectivity index (χ1n) is 4.51. The fourth-order valence-electron chi connectivity index (χ4n) is 1.54. The Bertz CT molecular complexity index is 343. The minimum absolute atomic E-state index is 0.260. The van der Waals surface area contributed by atoms with Crippen LogP contribution in [0, 0.1) is 34.0 Å². The predicted octanol–water partition coefficient (Wildman–Crippen LogP) is -1.26. The average molecular weight is 204 g/mol. The summed E-state index contributed by atoms with van der Waals surface area (Å²) in [7, 11) is 3.62. The lowest BCUT2D eigenvalue weighted by molar-refractivity contribution is 0.160. The minimum Gasteiger partial charge on any atom is -0.292 e. The molecule has 1 heterocycles. The highest BCUT2D eigenvalue weighted by atomic mass is 15.3. The lowest BCUT2D eigenvalue weighted by atomic mass is 10.0. The van der Waals surface area contributed by atoms with Gasteiger partial charge in [-0.15, -0.1) is 0 Å². The van der Waals surface area contributed by atoms with E-state index in [-0.39, 0.29) is 6.17 Å². The molecule has 2 N–H and O–H groups in total. The van der Waals surface area contributed by atoms with Gasteiger partial charge in [-0.25, -0.2) is 0 Å². The van der Waals surface area contributed by atoms with Crippen molar-refractivity contribution in [2.75, 3.05) is 14.1 Å². The summed E-state index contributed by atoms with van der Waals surface area (Å²) in [6, 6.07) is 4.31. The number of likely N-dealkylation sites (N-methyl/N-ethyl adjacent to an activating group) is 1. The highest BCUT2D eigenvalue weighted by molar-refractivity contribution is 5.17. The molecule has 6 heteroatoms. The molecule has 0 bridgehead atoms. The fraction of sp³-hybridized carbons (Fsp3) is 0.667. The van der Waals surface area contributed by atoms with Crippen LogP contribution in [-0.4, -0.2) is 43.3 Å². The van der Waals surface area contributed by atoms with E-state index in [1.165, 1.54) is 0 Å². The summed E-state index contributed by atoms with van der Waals surface area (Å²) in [5.41, 5.74) is 0. The van der Waals surface area contributed by atoms with Crippen LogP contribution in [0.2, 0.25) is 0 Å². The molecule has 4 unspecified atom stereocenters. The zero-order chi connectivity index (χ0) is 11.4. The van der Waals surface area contributed by atoms with Crippen molar-refractivity contribution in [3.05, 3.63) is 0 Å². The zero-order valence-corrected chi connectivity index (χ0v) is 8.60. The Labute approximate surface area is 88.7 Å². The van der Waals surface area contributed by atoms with Crippen molar-refractivity contribution in [3.63, 3.8) is 0 Å². The third kappa shape index (κ3) is 2.23. The van der Waals surface area contributed by atoms with Crippen LogP contribution in [0.4, 0.5) is 0 Å². The van der Waals surface area contributed by atoms with E-state index in [1.807, 2.05) is 26.2 Å². The van der Waals surface area contributed by atoms with Gasteiger partial charge in [0.2, 0.25) is 0 Å². The summed E-state index contributed by atoms with van der Waals surface area (Å²) in [6.07, 6.45) is -0.260. The molecule has 0 aliphatic carbocycles. The van der Waals surface area contributed by atoms with Gasteiger partial charge in [0.1, 0.15) is 18.1 Å². The monoisotopic (exact) mass is 204 g/mol.